The van der Waals surface area contributed by atoms with Crippen LogP contribution in [0.5, 0.6) is 0 Å². The Hall–Kier alpha value is -1.81. The first-order chi connectivity index (χ1) is 9.00. The average molecular weight is 265 g/mol. The molecule has 2 N–H and O–H groups in total. The molecule has 0 bridgehead atoms. The summed E-state index contributed by atoms with van der Waals surface area (Å²) in [5.74, 6) is -1.79. The van der Waals surface area contributed by atoms with Crippen molar-refractivity contribution >= 4 is 0 Å². The van der Waals surface area contributed by atoms with E-state index in [1.54, 1.807) is 18.2 Å². The van der Waals surface area contributed by atoms with Crippen molar-refractivity contribution in [1.29, 1.82) is 0 Å². The summed E-state index contributed by atoms with van der Waals surface area (Å²) >= 11 is 0. The molecule has 2 aromatic rings. The summed E-state index contributed by atoms with van der Waals surface area (Å²) in [7, 11) is 0. The van der Waals surface area contributed by atoms with Gasteiger partial charge < -0.3 is 5.73 Å². The Labute approximate surface area is 109 Å². The summed E-state index contributed by atoms with van der Waals surface area (Å²) in [5.41, 5.74) is 6.29. The molecule has 0 saturated carbocycles. The Bertz CT molecular complexity index is 596. The summed E-state index contributed by atoms with van der Waals surface area (Å²) in [6.45, 7) is 1.54. The third kappa shape index (κ3) is 2.79. The first-order valence-corrected chi connectivity index (χ1v) is 5.94. The number of nitrogens with two attached hydrogens (primary N) is 1. The smallest absolute Gasteiger partial charge is 0.133 e. The van der Waals surface area contributed by atoms with Crippen molar-refractivity contribution in [1.82, 2.24) is 0 Å². The fourth-order valence-corrected chi connectivity index (χ4v) is 2.02. The molecule has 0 amide bonds. The molecule has 0 radical (unpaired) electrons. The van der Waals surface area contributed by atoms with Crippen LogP contribution in [0.25, 0.3) is 0 Å². The Kier molecular flexibility index (Phi) is 3.90. The van der Waals surface area contributed by atoms with E-state index in [0.717, 1.165) is 0 Å². The molecule has 1 nitrogen and oxygen atoms in total. The molecular formula is C15H14F3N. The summed E-state index contributed by atoms with van der Waals surface area (Å²) in [5, 5.41) is 0. The molecule has 19 heavy (non-hydrogen) atoms. The SMILES string of the molecule is Cc1ccc(F)c(C(N)Cc2ccccc2F)c1F. The second-order valence-electron chi connectivity index (χ2n) is 4.49. The molecule has 0 aliphatic carbocycles. The molecule has 0 saturated heterocycles. The Morgan fingerprint density at radius 3 is 2.37 bits per heavy atom. The van der Waals surface area contributed by atoms with E-state index < -0.39 is 23.5 Å². The minimum Gasteiger partial charge on any atom is -0.323 e. The highest BCUT2D eigenvalue weighted by molar-refractivity contribution is 5.31. The fraction of sp³-hybridized carbons (Fsp3) is 0.200. The second kappa shape index (κ2) is 5.45. The van der Waals surface area contributed by atoms with Crippen LogP contribution in [0.15, 0.2) is 36.4 Å². The third-order valence-electron chi connectivity index (χ3n) is 3.09. The topological polar surface area (TPSA) is 26.0 Å². The zero-order valence-electron chi connectivity index (χ0n) is 10.5. The van der Waals surface area contributed by atoms with Crippen molar-refractivity contribution in [3.05, 3.63) is 70.5 Å². The highest BCUT2D eigenvalue weighted by Gasteiger charge is 2.19. The van der Waals surface area contributed by atoms with Crippen molar-refractivity contribution in [3.63, 3.8) is 0 Å². The maximum Gasteiger partial charge on any atom is 0.133 e. The minimum atomic E-state index is -0.920. The molecule has 2 rings (SSSR count). The van der Waals surface area contributed by atoms with Gasteiger partial charge in [-0.2, -0.15) is 0 Å². The molecule has 2 aromatic carbocycles. The summed E-state index contributed by atoms with van der Waals surface area (Å²) in [6.07, 6.45) is 0.0456. The van der Waals surface area contributed by atoms with Crippen molar-refractivity contribution in [3.8, 4) is 0 Å². The Morgan fingerprint density at radius 1 is 1.00 bits per heavy atom. The van der Waals surface area contributed by atoms with Crippen LogP contribution in [-0.2, 0) is 6.42 Å². The van der Waals surface area contributed by atoms with Crippen molar-refractivity contribution in [2.45, 2.75) is 19.4 Å². The molecule has 0 spiro atoms. The lowest BCUT2D eigenvalue weighted by Gasteiger charge is -2.15. The van der Waals surface area contributed by atoms with Gasteiger partial charge in [0.2, 0.25) is 0 Å². The number of hydrogen-bond donors (Lipinski definition) is 1. The van der Waals surface area contributed by atoms with Crippen LogP contribution in [0.4, 0.5) is 13.2 Å². The maximum atomic E-state index is 13.9. The fourth-order valence-electron chi connectivity index (χ4n) is 2.02. The van der Waals surface area contributed by atoms with Gasteiger partial charge >= 0.3 is 0 Å². The molecule has 4 heteroatoms. The molecule has 1 unspecified atom stereocenters. The van der Waals surface area contributed by atoms with Crippen LogP contribution in [0.1, 0.15) is 22.7 Å². The highest BCUT2D eigenvalue weighted by atomic mass is 19.1. The summed E-state index contributed by atoms with van der Waals surface area (Å²) in [6, 6.07) is 7.67. The molecular weight excluding hydrogens is 251 g/mol. The lowest BCUT2D eigenvalue weighted by molar-refractivity contribution is 0.514. The maximum absolute atomic E-state index is 13.9. The van der Waals surface area contributed by atoms with Gasteiger partial charge in [0.05, 0.1) is 0 Å². The number of hydrogen-bond acceptors (Lipinski definition) is 1. The zero-order chi connectivity index (χ0) is 14.0. The zero-order valence-corrected chi connectivity index (χ0v) is 10.5. The Morgan fingerprint density at radius 2 is 1.68 bits per heavy atom. The average Bonchev–Trinajstić information content (AvgIpc) is 2.37. The van der Waals surface area contributed by atoms with Gasteiger partial charge in [0.15, 0.2) is 0 Å². The molecule has 0 aliphatic heterocycles. The van der Waals surface area contributed by atoms with Crippen molar-refractivity contribution in [2.24, 2.45) is 5.73 Å². The number of benzene rings is 2. The second-order valence-corrected chi connectivity index (χ2v) is 4.49. The van der Waals surface area contributed by atoms with Gasteiger partial charge in [-0.15, -0.1) is 0 Å². The van der Waals surface area contributed by atoms with E-state index in [-0.39, 0.29) is 12.0 Å². The third-order valence-corrected chi connectivity index (χ3v) is 3.09. The molecule has 0 heterocycles. The summed E-state index contributed by atoms with van der Waals surface area (Å²) in [4.78, 5) is 0. The van der Waals surface area contributed by atoms with Crippen LogP contribution in [-0.4, -0.2) is 0 Å². The predicted molar refractivity (Wildman–Crippen MR) is 68.1 cm³/mol. The van der Waals surface area contributed by atoms with Crippen LogP contribution in [0.2, 0.25) is 0 Å². The van der Waals surface area contributed by atoms with Crippen LogP contribution < -0.4 is 5.73 Å². The van der Waals surface area contributed by atoms with E-state index in [0.29, 0.717) is 11.1 Å². The van der Waals surface area contributed by atoms with Crippen LogP contribution in [0.3, 0.4) is 0 Å². The molecule has 0 fully saturated rings. The largest absolute Gasteiger partial charge is 0.323 e. The van der Waals surface area contributed by atoms with E-state index in [4.69, 9.17) is 5.73 Å². The lowest BCUT2D eigenvalue weighted by Crippen LogP contribution is -2.18. The summed E-state index contributed by atoms with van der Waals surface area (Å²) < 4.78 is 41.1. The predicted octanol–water partition coefficient (Wildman–Crippen LogP) is 3.65. The first-order valence-electron chi connectivity index (χ1n) is 5.94. The van der Waals surface area contributed by atoms with E-state index in [9.17, 15) is 13.2 Å². The van der Waals surface area contributed by atoms with Gasteiger partial charge in [-0.3, -0.25) is 0 Å². The number of aryl methyl sites for hydroxylation is 1. The monoisotopic (exact) mass is 265 g/mol. The van der Waals surface area contributed by atoms with E-state index in [2.05, 4.69) is 0 Å². The van der Waals surface area contributed by atoms with E-state index >= 15 is 0 Å². The Balaban J connectivity index is 2.33. The normalized spacial score (nSPS) is 12.5. The van der Waals surface area contributed by atoms with Gasteiger partial charge in [-0.25, -0.2) is 13.2 Å². The van der Waals surface area contributed by atoms with Gasteiger partial charge in [0.25, 0.3) is 0 Å². The quantitative estimate of drug-likeness (QED) is 0.900. The number of halogens is 3. The van der Waals surface area contributed by atoms with Gasteiger partial charge in [0, 0.05) is 11.6 Å². The van der Waals surface area contributed by atoms with Crippen molar-refractivity contribution in [2.75, 3.05) is 0 Å². The molecule has 100 valence electrons. The molecule has 1 atom stereocenters. The van der Waals surface area contributed by atoms with Gasteiger partial charge in [-0.05, 0) is 36.6 Å². The van der Waals surface area contributed by atoms with Gasteiger partial charge in [-0.1, -0.05) is 24.3 Å². The minimum absolute atomic E-state index is 0.0456. The standard InChI is InChI=1S/C15H14F3N/c1-9-6-7-12(17)14(15(9)18)13(19)8-10-4-2-3-5-11(10)16/h2-7,13H,8,19H2,1H3. The van der Waals surface area contributed by atoms with Crippen LogP contribution >= 0.6 is 0 Å². The van der Waals surface area contributed by atoms with Crippen molar-refractivity contribution < 1.29 is 13.2 Å². The van der Waals surface area contributed by atoms with E-state index in [1.165, 1.54) is 25.1 Å². The number of rotatable bonds is 3. The van der Waals surface area contributed by atoms with E-state index in [1.807, 2.05) is 0 Å². The first kappa shape index (κ1) is 13.6. The van der Waals surface area contributed by atoms with Crippen LogP contribution in [0, 0.1) is 24.4 Å². The van der Waals surface area contributed by atoms with Gasteiger partial charge in [0.1, 0.15) is 17.5 Å². The highest BCUT2D eigenvalue weighted by Crippen LogP contribution is 2.25. The molecule has 0 aliphatic rings. The lowest BCUT2D eigenvalue weighted by atomic mass is 9.97. The molecule has 0 aromatic heterocycles.